The van der Waals surface area contributed by atoms with E-state index in [0.717, 1.165) is 18.6 Å². The quantitative estimate of drug-likeness (QED) is 0.796. The van der Waals surface area contributed by atoms with Gasteiger partial charge in [0.2, 0.25) is 0 Å². The van der Waals surface area contributed by atoms with Gasteiger partial charge in [0.15, 0.2) is 0 Å². The number of thioether (sulfide) groups is 1. The highest BCUT2D eigenvalue weighted by Gasteiger charge is 2.32. The number of nitrogens with zero attached hydrogens (tertiary/aromatic N) is 1. The van der Waals surface area contributed by atoms with Crippen LogP contribution < -0.4 is 16.0 Å². The Morgan fingerprint density at radius 1 is 1.33 bits per heavy atom. The van der Waals surface area contributed by atoms with Crippen LogP contribution in [0.25, 0.3) is 6.08 Å². The summed E-state index contributed by atoms with van der Waals surface area (Å²) in [5.74, 6) is -0.605. The first-order valence-electron chi connectivity index (χ1n) is 7.20. The number of nitrogens with one attached hydrogen (secondary N) is 1. The number of rotatable bonds is 2. The van der Waals surface area contributed by atoms with Gasteiger partial charge in [0.05, 0.1) is 10.5 Å². The smallest absolute Gasteiger partial charge is 0.369 e. The van der Waals surface area contributed by atoms with Gasteiger partial charge < -0.3 is 10.6 Å². The summed E-state index contributed by atoms with van der Waals surface area (Å²) in [5, 5.41) is 1.55. The third-order valence-corrected chi connectivity index (χ3v) is 4.66. The number of hydrogen-bond acceptors (Lipinski definition) is 5. The lowest BCUT2D eigenvalue weighted by Crippen LogP contribution is -2.26. The second-order valence-corrected chi connectivity index (χ2v) is 6.63. The highest BCUT2D eigenvalue weighted by atomic mass is 32.2. The Kier molecular flexibility index (Phi) is 4.31. The number of carbonyl (C=O) groups excluding carboxylic acids is 2. The van der Waals surface area contributed by atoms with Gasteiger partial charge in [-0.3, -0.25) is 14.9 Å². The molecule has 2 heterocycles. The summed E-state index contributed by atoms with van der Waals surface area (Å²) in [6.07, 6.45) is -2.43. The van der Waals surface area contributed by atoms with Crippen molar-refractivity contribution in [1.82, 2.24) is 5.32 Å². The number of imide groups is 1. The first kappa shape index (κ1) is 16.8. The Morgan fingerprint density at radius 2 is 2.08 bits per heavy atom. The SMILES string of the molecule is NC1CCN(c2ccc(C(F)(F)F)cc2/C=C2/SC(=O)NC2=O)C1. The van der Waals surface area contributed by atoms with Crippen LogP contribution in [0, 0.1) is 0 Å². The monoisotopic (exact) mass is 357 g/mol. The van der Waals surface area contributed by atoms with Crippen LogP contribution in [-0.4, -0.2) is 30.3 Å². The molecule has 3 rings (SSSR count). The number of alkyl halides is 3. The van der Waals surface area contributed by atoms with E-state index in [2.05, 4.69) is 5.32 Å². The van der Waals surface area contributed by atoms with Crippen LogP contribution in [0.15, 0.2) is 23.1 Å². The summed E-state index contributed by atoms with van der Waals surface area (Å²) in [4.78, 5) is 24.9. The minimum Gasteiger partial charge on any atom is -0.369 e. The van der Waals surface area contributed by atoms with Crippen molar-refractivity contribution in [3.05, 3.63) is 34.2 Å². The van der Waals surface area contributed by atoms with Gasteiger partial charge >= 0.3 is 6.18 Å². The molecule has 0 bridgehead atoms. The Labute approximate surface area is 140 Å². The van der Waals surface area contributed by atoms with Crippen molar-refractivity contribution < 1.29 is 22.8 Å². The van der Waals surface area contributed by atoms with Crippen molar-refractivity contribution >= 4 is 34.7 Å². The van der Waals surface area contributed by atoms with Crippen molar-refractivity contribution in [2.24, 2.45) is 5.73 Å². The van der Waals surface area contributed by atoms with E-state index in [4.69, 9.17) is 5.73 Å². The maximum Gasteiger partial charge on any atom is 0.416 e. The largest absolute Gasteiger partial charge is 0.416 e. The molecule has 2 aliphatic rings. The highest BCUT2D eigenvalue weighted by molar-refractivity contribution is 8.18. The molecule has 5 nitrogen and oxygen atoms in total. The average molecular weight is 357 g/mol. The zero-order valence-electron chi connectivity index (χ0n) is 12.4. The first-order valence-corrected chi connectivity index (χ1v) is 8.02. The lowest BCUT2D eigenvalue weighted by molar-refractivity contribution is -0.137. The van der Waals surface area contributed by atoms with Crippen LogP contribution in [0.2, 0.25) is 0 Å². The second-order valence-electron chi connectivity index (χ2n) is 5.62. The van der Waals surface area contributed by atoms with Gasteiger partial charge in [-0.25, -0.2) is 0 Å². The zero-order chi connectivity index (χ0) is 17.5. The molecule has 2 amide bonds. The van der Waals surface area contributed by atoms with Gasteiger partial charge in [-0.15, -0.1) is 0 Å². The van der Waals surface area contributed by atoms with Crippen molar-refractivity contribution in [2.75, 3.05) is 18.0 Å². The molecule has 1 aromatic rings. The molecule has 1 aromatic carbocycles. The number of nitrogens with two attached hydrogens (primary N) is 1. The molecule has 0 saturated carbocycles. The Morgan fingerprint density at radius 3 is 2.62 bits per heavy atom. The summed E-state index contributed by atoms with van der Waals surface area (Å²) < 4.78 is 39.0. The van der Waals surface area contributed by atoms with Crippen molar-refractivity contribution in [3.8, 4) is 0 Å². The molecule has 128 valence electrons. The van der Waals surface area contributed by atoms with Crippen LogP contribution in [-0.2, 0) is 11.0 Å². The van der Waals surface area contributed by atoms with Crippen LogP contribution >= 0.6 is 11.8 Å². The normalized spacial score (nSPS) is 23.2. The molecular formula is C15H14F3N3O2S. The number of benzene rings is 1. The third-order valence-electron chi connectivity index (χ3n) is 3.85. The van der Waals surface area contributed by atoms with Gasteiger partial charge in [0.25, 0.3) is 11.1 Å². The molecular weight excluding hydrogens is 343 g/mol. The third kappa shape index (κ3) is 3.41. The van der Waals surface area contributed by atoms with E-state index >= 15 is 0 Å². The Hall–Kier alpha value is -2.00. The fraction of sp³-hybridized carbons (Fsp3) is 0.333. The van der Waals surface area contributed by atoms with Crippen LogP contribution in [0.5, 0.6) is 0 Å². The summed E-state index contributed by atoms with van der Waals surface area (Å²) in [7, 11) is 0. The molecule has 2 aliphatic heterocycles. The summed E-state index contributed by atoms with van der Waals surface area (Å²) in [6, 6.07) is 3.34. The van der Waals surface area contributed by atoms with Gasteiger partial charge in [0.1, 0.15) is 0 Å². The van der Waals surface area contributed by atoms with E-state index in [1.165, 1.54) is 12.1 Å². The summed E-state index contributed by atoms with van der Waals surface area (Å²) in [5.41, 5.74) is 5.86. The van der Waals surface area contributed by atoms with Crippen molar-refractivity contribution in [3.63, 3.8) is 0 Å². The van der Waals surface area contributed by atoms with Crippen LogP contribution in [0.4, 0.5) is 23.7 Å². The predicted octanol–water partition coefficient (Wildman–Crippen LogP) is 2.57. The molecule has 3 N–H and O–H groups in total. The van der Waals surface area contributed by atoms with Crippen molar-refractivity contribution in [2.45, 2.75) is 18.6 Å². The van der Waals surface area contributed by atoms with Gasteiger partial charge in [-0.1, -0.05) is 0 Å². The second kappa shape index (κ2) is 6.14. The molecule has 1 atom stereocenters. The number of carbonyl (C=O) groups is 2. The Bertz CT molecular complexity index is 733. The molecule has 0 radical (unpaired) electrons. The average Bonchev–Trinajstić information content (AvgIpc) is 3.04. The number of anilines is 1. The van der Waals surface area contributed by atoms with Crippen LogP contribution in [0.1, 0.15) is 17.5 Å². The van der Waals surface area contributed by atoms with E-state index in [9.17, 15) is 22.8 Å². The van der Waals surface area contributed by atoms with E-state index in [-0.39, 0.29) is 16.5 Å². The maximum atomic E-state index is 13.0. The van der Waals surface area contributed by atoms with Gasteiger partial charge in [0, 0.05) is 24.8 Å². The van der Waals surface area contributed by atoms with Crippen molar-refractivity contribution in [1.29, 1.82) is 0 Å². The number of amides is 2. The van der Waals surface area contributed by atoms with E-state index in [1.54, 1.807) is 0 Å². The zero-order valence-corrected chi connectivity index (χ0v) is 13.2. The molecule has 24 heavy (non-hydrogen) atoms. The van der Waals surface area contributed by atoms with Gasteiger partial charge in [-0.2, -0.15) is 13.2 Å². The van der Waals surface area contributed by atoms with E-state index in [0.29, 0.717) is 30.5 Å². The first-order chi connectivity index (χ1) is 11.2. The maximum absolute atomic E-state index is 13.0. The lowest BCUT2D eigenvalue weighted by Gasteiger charge is -2.22. The highest BCUT2D eigenvalue weighted by Crippen LogP contribution is 2.36. The van der Waals surface area contributed by atoms with E-state index in [1.807, 2.05) is 4.90 Å². The predicted molar refractivity (Wildman–Crippen MR) is 85.4 cm³/mol. The number of hydrogen-bond donors (Lipinski definition) is 2. The summed E-state index contributed by atoms with van der Waals surface area (Å²) in [6.45, 7) is 1.15. The molecule has 2 saturated heterocycles. The molecule has 1 unspecified atom stereocenters. The van der Waals surface area contributed by atoms with E-state index < -0.39 is 22.9 Å². The molecule has 9 heteroatoms. The fourth-order valence-corrected chi connectivity index (χ4v) is 3.38. The standard InChI is InChI=1S/C15H14F3N3O2S/c16-15(17,18)9-1-2-11(21-4-3-10(19)7-21)8(5-9)6-12-13(22)20-14(23)24-12/h1-2,5-6,10H,3-4,7,19H2,(H,20,22,23)/b12-6+. The van der Waals surface area contributed by atoms with Gasteiger partial charge in [-0.05, 0) is 48.0 Å². The van der Waals surface area contributed by atoms with Crippen LogP contribution in [0.3, 0.4) is 0 Å². The molecule has 2 fully saturated rings. The minimum absolute atomic E-state index is 0.0430. The molecule has 0 spiro atoms. The minimum atomic E-state index is -4.49. The fourth-order valence-electron chi connectivity index (χ4n) is 2.70. The lowest BCUT2D eigenvalue weighted by atomic mass is 10.1. The summed E-state index contributed by atoms with van der Waals surface area (Å²) >= 11 is 0.671. The topological polar surface area (TPSA) is 75.4 Å². The Balaban J connectivity index is 2.04. The molecule has 0 aliphatic carbocycles. The number of halogens is 3. The molecule has 0 aromatic heterocycles.